The molecule has 1 saturated carbocycles. The van der Waals surface area contributed by atoms with Crippen LogP contribution >= 0.6 is 0 Å². The average Bonchev–Trinajstić information content (AvgIpc) is 2.47. The minimum absolute atomic E-state index is 0.0367. The SMILES string of the molecule is CCC1CCCC(NS(=O)(=O)c2ccc(CN)cn2)C1. The summed E-state index contributed by atoms with van der Waals surface area (Å²) >= 11 is 0. The molecule has 2 unspecified atom stereocenters. The lowest BCUT2D eigenvalue weighted by Crippen LogP contribution is -2.38. The number of hydrogen-bond donors (Lipinski definition) is 2. The molecule has 2 atom stereocenters. The van der Waals surface area contributed by atoms with Gasteiger partial charge in [0, 0.05) is 18.8 Å². The zero-order chi connectivity index (χ0) is 14.6. The van der Waals surface area contributed by atoms with E-state index in [9.17, 15) is 8.42 Å². The average molecular weight is 297 g/mol. The Hall–Kier alpha value is -0.980. The van der Waals surface area contributed by atoms with Gasteiger partial charge in [-0.3, -0.25) is 0 Å². The van der Waals surface area contributed by atoms with Crippen LogP contribution in [-0.2, 0) is 16.6 Å². The van der Waals surface area contributed by atoms with Crippen LogP contribution in [0.1, 0.15) is 44.6 Å². The number of rotatable bonds is 5. The predicted molar refractivity (Wildman–Crippen MR) is 78.5 cm³/mol. The van der Waals surface area contributed by atoms with Crippen molar-refractivity contribution < 1.29 is 8.42 Å². The fraction of sp³-hybridized carbons (Fsp3) is 0.643. The van der Waals surface area contributed by atoms with Crippen molar-refractivity contribution in [3.63, 3.8) is 0 Å². The maximum absolute atomic E-state index is 12.3. The van der Waals surface area contributed by atoms with Gasteiger partial charge in [-0.25, -0.2) is 18.1 Å². The maximum atomic E-state index is 12.3. The molecule has 0 spiro atoms. The first-order chi connectivity index (χ1) is 9.55. The van der Waals surface area contributed by atoms with Gasteiger partial charge in [0.25, 0.3) is 10.0 Å². The minimum atomic E-state index is -3.52. The monoisotopic (exact) mass is 297 g/mol. The van der Waals surface area contributed by atoms with Crippen molar-refractivity contribution >= 4 is 10.0 Å². The number of hydrogen-bond acceptors (Lipinski definition) is 4. The summed E-state index contributed by atoms with van der Waals surface area (Å²) in [6, 6.07) is 3.26. The second-order valence-corrected chi connectivity index (χ2v) is 7.13. The molecule has 112 valence electrons. The van der Waals surface area contributed by atoms with Crippen molar-refractivity contribution in [3.8, 4) is 0 Å². The summed E-state index contributed by atoms with van der Waals surface area (Å²) in [4.78, 5) is 4.00. The normalized spacial score (nSPS) is 23.7. The predicted octanol–water partition coefficient (Wildman–Crippen LogP) is 1.79. The molecule has 1 fully saturated rings. The molecule has 0 aromatic carbocycles. The summed E-state index contributed by atoms with van der Waals surface area (Å²) < 4.78 is 27.4. The number of nitrogens with zero attached hydrogens (tertiary/aromatic N) is 1. The zero-order valence-corrected chi connectivity index (χ0v) is 12.7. The van der Waals surface area contributed by atoms with Crippen molar-refractivity contribution in [2.45, 2.75) is 56.6 Å². The summed E-state index contributed by atoms with van der Waals surface area (Å²) in [6.07, 6.45) is 6.77. The lowest BCUT2D eigenvalue weighted by molar-refractivity contribution is 0.301. The summed E-state index contributed by atoms with van der Waals surface area (Å²) in [6.45, 7) is 2.52. The summed E-state index contributed by atoms with van der Waals surface area (Å²) in [7, 11) is -3.52. The Morgan fingerprint density at radius 2 is 2.20 bits per heavy atom. The molecule has 1 aliphatic carbocycles. The van der Waals surface area contributed by atoms with Crippen LogP contribution < -0.4 is 10.5 Å². The van der Waals surface area contributed by atoms with Crippen LogP contribution in [0.15, 0.2) is 23.4 Å². The minimum Gasteiger partial charge on any atom is -0.326 e. The van der Waals surface area contributed by atoms with Crippen LogP contribution in [0.25, 0.3) is 0 Å². The van der Waals surface area contributed by atoms with Gasteiger partial charge in [0.05, 0.1) is 0 Å². The Balaban J connectivity index is 2.06. The topological polar surface area (TPSA) is 85.1 Å². The number of nitrogens with two attached hydrogens (primary N) is 1. The van der Waals surface area contributed by atoms with Crippen molar-refractivity contribution in [2.24, 2.45) is 11.7 Å². The summed E-state index contributed by atoms with van der Waals surface area (Å²) in [5, 5.41) is 0.0771. The fourth-order valence-electron chi connectivity index (χ4n) is 2.74. The van der Waals surface area contributed by atoms with Gasteiger partial charge in [-0.2, -0.15) is 0 Å². The molecular weight excluding hydrogens is 274 g/mol. The highest BCUT2D eigenvalue weighted by atomic mass is 32.2. The molecule has 6 heteroatoms. The molecular formula is C14H23N3O2S. The van der Waals surface area contributed by atoms with E-state index in [0.717, 1.165) is 31.2 Å². The molecule has 0 radical (unpaired) electrons. The third-order valence-corrected chi connectivity index (χ3v) is 5.43. The van der Waals surface area contributed by atoms with Crippen molar-refractivity contribution in [1.82, 2.24) is 9.71 Å². The van der Waals surface area contributed by atoms with E-state index in [4.69, 9.17) is 5.73 Å². The van der Waals surface area contributed by atoms with Crippen LogP contribution in [0.4, 0.5) is 0 Å². The van der Waals surface area contributed by atoms with Crippen LogP contribution in [0, 0.1) is 5.92 Å². The lowest BCUT2D eigenvalue weighted by atomic mass is 9.85. The highest BCUT2D eigenvalue weighted by molar-refractivity contribution is 7.89. The molecule has 1 aliphatic rings. The van der Waals surface area contributed by atoms with Gasteiger partial charge in [-0.1, -0.05) is 32.3 Å². The summed E-state index contributed by atoms with van der Waals surface area (Å²) in [5.41, 5.74) is 6.31. The Morgan fingerprint density at radius 1 is 1.40 bits per heavy atom. The first-order valence-electron chi connectivity index (χ1n) is 7.22. The second kappa shape index (κ2) is 6.65. The molecule has 0 bridgehead atoms. The highest BCUT2D eigenvalue weighted by Crippen LogP contribution is 2.27. The molecule has 0 aliphatic heterocycles. The van der Waals surface area contributed by atoms with E-state index in [1.165, 1.54) is 18.7 Å². The van der Waals surface area contributed by atoms with Crippen LogP contribution in [0.3, 0.4) is 0 Å². The third kappa shape index (κ3) is 3.77. The highest BCUT2D eigenvalue weighted by Gasteiger charge is 2.26. The van der Waals surface area contributed by atoms with Crippen LogP contribution in [0.5, 0.6) is 0 Å². The maximum Gasteiger partial charge on any atom is 0.258 e. The quantitative estimate of drug-likeness (QED) is 0.867. The van der Waals surface area contributed by atoms with E-state index in [1.807, 2.05) is 0 Å². The van der Waals surface area contributed by atoms with Gasteiger partial charge in [-0.05, 0) is 30.4 Å². The Kier molecular flexibility index (Phi) is 5.12. The number of sulfonamides is 1. The Morgan fingerprint density at radius 3 is 2.80 bits per heavy atom. The van der Waals surface area contributed by atoms with Gasteiger partial charge < -0.3 is 5.73 Å². The van der Waals surface area contributed by atoms with E-state index in [0.29, 0.717) is 12.5 Å². The number of nitrogens with one attached hydrogen (secondary N) is 1. The molecule has 1 aromatic heterocycles. The van der Waals surface area contributed by atoms with Crippen LogP contribution in [0.2, 0.25) is 0 Å². The second-order valence-electron chi connectivity index (χ2n) is 5.47. The number of pyridine rings is 1. The molecule has 20 heavy (non-hydrogen) atoms. The molecule has 2 rings (SSSR count). The lowest BCUT2D eigenvalue weighted by Gasteiger charge is -2.28. The van der Waals surface area contributed by atoms with Gasteiger partial charge in [0.1, 0.15) is 0 Å². The van der Waals surface area contributed by atoms with Gasteiger partial charge >= 0.3 is 0 Å². The van der Waals surface area contributed by atoms with Crippen molar-refractivity contribution in [2.75, 3.05) is 0 Å². The first kappa shape index (κ1) is 15.4. The van der Waals surface area contributed by atoms with Gasteiger partial charge in [0.2, 0.25) is 0 Å². The molecule has 0 amide bonds. The van der Waals surface area contributed by atoms with Gasteiger partial charge in [-0.15, -0.1) is 0 Å². The van der Waals surface area contributed by atoms with E-state index < -0.39 is 10.0 Å². The fourth-order valence-corrected chi connectivity index (χ4v) is 3.95. The van der Waals surface area contributed by atoms with E-state index in [2.05, 4.69) is 16.6 Å². The van der Waals surface area contributed by atoms with Crippen LogP contribution in [-0.4, -0.2) is 19.4 Å². The van der Waals surface area contributed by atoms with Gasteiger partial charge in [0.15, 0.2) is 5.03 Å². The first-order valence-corrected chi connectivity index (χ1v) is 8.70. The number of aromatic nitrogens is 1. The Labute approximate surface area is 121 Å². The standard InChI is InChI=1S/C14H23N3O2S/c1-2-11-4-3-5-13(8-11)17-20(18,19)14-7-6-12(9-15)10-16-14/h6-7,10-11,13,17H,2-5,8-9,15H2,1H3. The molecule has 5 nitrogen and oxygen atoms in total. The summed E-state index contributed by atoms with van der Waals surface area (Å²) in [5.74, 6) is 0.629. The smallest absolute Gasteiger partial charge is 0.258 e. The molecule has 1 heterocycles. The molecule has 1 aromatic rings. The Bertz CT molecular complexity index is 528. The third-order valence-electron chi connectivity index (χ3n) is 3.99. The molecule has 0 saturated heterocycles. The zero-order valence-electron chi connectivity index (χ0n) is 11.9. The largest absolute Gasteiger partial charge is 0.326 e. The van der Waals surface area contributed by atoms with E-state index in [-0.39, 0.29) is 11.1 Å². The van der Waals surface area contributed by atoms with E-state index >= 15 is 0 Å². The van der Waals surface area contributed by atoms with E-state index in [1.54, 1.807) is 6.07 Å². The molecule has 3 N–H and O–H groups in total. The van der Waals surface area contributed by atoms with Crippen molar-refractivity contribution in [1.29, 1.82) is 0 Å². The van der Waals surface area contributed by atoms with Crippen molar-refractivity contribution in [3.05, 3.63) is 23.9 Å².